The van der Waals surface area contributed by atoms with Crippen molar-refractivity contribution in [1.82, 2.24) is 9.29 Å². The number of hydrogen-bond acceptors (Lipinski definition) is 8. The van der Waals surface area contributed by atoms with Crippen LogP contribution in [0.3, 0.4) is 0 Å². The van der Waals surface area contributed by atoms with Gasteiger partial charge in [-0.15, -0.1) is 0 Å². The van der Waals surface area contributed by atoms with Crippen molar-refractivity contribution in [2.75, 3.05) is 31.1 Å². The summed E-state index contributed by atoms with van der Waals surface area (Å²) in [5.74, 6) is 1.40. The van der Waals surface area contributed by atoms with Gasteiger partial charge < -0.3 is 18.5 Å². The monoisotopic (exact) mass is 522 g/mol. The Kier molecular flexibility index (Phi) is 6.69. The average Bonchev–Trinajstić information content (AvgIpc) is 3.55. The van der Waals surface area contributed by atoms with Crippen LogP contribution in [0.25, 0.3) is 11.7 Å². The van der Waals surface area contributed by atoms with Crippen LogP contribution in [0.15, 0.2) is 74.4 Å². The van der Waals surface area contributed by atoms with Crippen molar-refractivity contribution >= 4 is 15.9 Å². The lowest BCUT2D eigenvalue weighted by Gasteiger charge is -2.33. The van der Waals surface area contributed by atoms with E-state index in [0.29, 0.717) is 11.5 Å². The second-order valence-corrected chi connectivity index (χ2v) is 10.4. The number of halogens is 1. The minimum Gasteiger partial charge on any atom is -0.486 e. The molecule has 1 fully saturated rings. The maximum Gasteiger partial charge on any atom is 0.266 e. The number of ether oxygens (including phenoxy) is 1. The van der Waals surface area contributed by atoms with Crippen LogP contribution in [0.1, 0.15) is 17.0 Å². The Labute approximate surface area is 213 Å². The number of aryl methyl sites for hydroxylation is 1. The van der Waals surface area contributed by atoms with Crippen LogP contribution in [-0.2, 0) is 16.6 Å². The third-order valence-electron chi connectivity index (χ3n) is 5.92. The van der Waals surface area contributed by atoms with Gasteiger partial charge in [0.25, 0.3) is 5.89 Å². The molecule has 9 nitrogen and oxygen atoms in total. The largest absolute Gasteiger partial charge is 0.486 e. The summed E-state index contributed by atoms with van der Waals surface area (Å²) in [6.45, 7) is 3.01. The lowest BCUT2D eigenvalue weighted by molar-refractivity contribution is 0.271. The van der Waals surface area contributed by atoms with E-state index in [0.717, 1.165) is 17.4 Å². The molecule has 0 N–H and O–H groups in total. The van der Waals surface area contributed by atoms with Crippen molar-refractivity contribution in [3.8, 4) is 23.5 Å². The summed E-state index contributed by atoms with van der Waals surface area (Å²) in [6, 6.07) is 18.1. The molecule has 0 spiro atoms. The van der Waals surface area contributed by atoms with Gasteiger partial charge in [0, 0.05) is 26.2 Å². The highest BCUT2D eigenvalue weighted by atomic mass is 32.2. The van der Waals surface area contributed by atoms with Crippen LogP contribution in [0.5, 0.6) is 5.75 Å². The Morgan fingerprint density at radius 3 is 2.57 bits per heavy atom. The molecule has 2 aromatic heterocycles. The number of rotatable bonds is 7. The first-order chi connectivity index (χ1) is 17.8. The fourth-order valence-electron chi connectivity index (χ4n) is 4.04. The molecular weight excluding hydrogens is 499 g/mol. The molecule has 37 heavy (non-hydrogen) atoms. The van der Waals surface area contributed by atoms with Crippen molar-refractivity contribution < 1.29 is 26.4 Å². The van der Waals surface area contributed by atoms with Gasteiger partial charge in [0.2, 0.25) is 21.6 Å². The minimum atomic E-state index is -3.84. The second kappa shape index (κ2) is 10.1. The summed E-state index contributed by atoms with van der Waals surface area (Å²) >= 11 is 0. The van der Waals surface area contributed by atoms with Crippen molar-refractivity contribution in [3.63, 3.8) is 0 Å². The predicted molar refractivity (Wildman–Crippen MR) is 132 cm³/mol. The summed E-state index contributed by atoms with van der Waals surface area (Å²) in [7, 11) is -3.84. The van der Waals surface area contributed by atoms with Crippen LogP contribution < -0.4 is 9.64 Å². The first-order valence-electron chi connectivity index (χ1n) is 11.5. The standard InChI is InChI=1S/C26H23FN4O5S/c1-18-4-2-6-20(14-18)34-17-21-8-9-24(35-21)25-29-23(16-28)26(36-25)30-10-12-31(13-11-30)37(32,33)22-7-3-5-19(27)15-22/h2-9,14-15H,10-13,17H2,1H3. The third-order valence-corrected chi connectivity index (χ3v) is 7.81. The summed E-state index contributed by atoms with van der Waals surface area (Å²) in [5.41, 5.74) is 1.16. The Balaban J connectivity index is 1.27. The Hall–Kier alpha value is -4.14. The molecule has 1 aliphatic rings. The zero-order valence-electron chi connectivity index (χ0n) is 19.9. The number of anilines is 1. The molecule has 1 aliphatic heterocycles. The molecule has 1 saturated heterocycles. The molecule has 2 aromatic carbocycles. The van der Waals surface area contributed by atoms with Gasteiger partial charge in [0.1, 0.15) is 30.0 Å². The van der Waals surface area contributed by atoms with E-state index in [1.165, 1.54) is 22.5 Å². The van der Waals surface area contributed by atoms with Crippen molar-refractivity contribution in [2.24, 2.45) is 0 Å². The molecule has 5 rings (SSSR count). The number of sulfonamides is 1. The van der Waals surface area contributed by atoms with Gasteiger partial charge >= 0.3 is 0 Å². The molecule has 3 heterocycles. The maximum atomic E-state index is 13.6. The summed E-state index contributed by atoms with van der Waals surface area (Å²) < 4.78 is 58.1. The molecule has 0 saturated carbocycles. The normalized spacial score (nSPS) is 14.5. The summed E-state index contributed by atoms with van der Waals surface area (Å²) in [6.07, 6.45) is 0. The van der Waals surface area contributed by atoms with Gasteiger partial charge in [0.05, 0.1) is 4.90 Å². The molecule has 0 unspecified atom stereocenters. The van der Waals surface area contributed by atoms with Crippen LogP contribution in [-0.4, -0.2) is 43.9 Å². The first-order valence-corrected chi connectivity index (χ1v) is 13.0. The minimum absolute atomic E-state index is 0.0744. The van der Waals surface area contributed by atoms with Gasteiger partial charge in [-0.2, -0.15) is 14.6 Å². The number of furan rings is 1. The van der Waals surface area contributed by atoms with E-state index in [-0.39, 0.29) is 55.2 Å². The fourth-order valence-corrected chi connectivity index (χ4v) is 5.50. The lowest BCUT2D eigenvalue weighted by atomic mass is 10.2. The third kappa shape index (κ3) is 5.21. The molecule has 0 atom stereocenters. The first kappa shape index (κ1) is 24.5. The molecule has 0 bridgehead atoms. The van der Waals surface area contributed by atoms with Gasteiger partial charge in [-0.05, 0) is 55.0 Å². The molecule has 190 valence electrons. The van der Waals surface area contributed by atoms with Crippen LogP contribution in [0, 0.1) is 24.1 Å². The summed E-state index contributed by atoms with van der Waals surface area (Å²) in [5, 5.41) is 9.61. The van der Waals surface area contributed by atoms with Gasteiger partial charge in [-0.25, -0.2) is 12.8 Å². The number of piperazine rings is 1. The Morgan fingerprint density at radius 1 is 1.05 bits per heavy atom. The van der Waals surface area contributed by atoms with Gasteiger partial charge in [-0.1, -0.05) is 18.2 Å². The molecule has 4 aromatic rings. The fraction of sp³-hybridized carbons (Fsp3) is 0.231. The molecule has 0 aliphatic carbocycles. The lowest BCUT2D eigenvalue weighted by Crippen LogP contribution is -2.48. The number of nitrogens with zero attached hydrogens (tertiary/aromatic N) is 4. The van der Waals surface area contributed by atoms with E-state index >= 15 is 0 Å². The average molecular weight is 523 g/mol. The highest BCUT2D eigenvalue weighted by Gasteiger charge is 2.31. The van der Waals surface area contributed by atoms with Gasteiger partial charge in [-0.3, -0.25) is 0 Å². The molecule has 0 radical (unpaired) electrons. The van der Waals surface area contributed by atoms with Crippen molar-refractivity contribution in [2.45, 2.75) is 18.4 Å². The van der Waals surface area contributed by atoms with Gasteiger partial charge in [0.15, 0.2) is 5.76 Å². The number of aromatic nitrogens is 1. The number of benzene rings is 2. The quantitative estimate of drug-likeness (QED) is 0.352. The molecular formula is C26H23FN4O5S. The Morgan fingerprint density at radius 2 is 1.84 bits per heavy atom. The smallest absolute Gasteiger partial charge is 0.266 e. The van der Waals surface area contributed by atoms with E-state index in [2.05, 4.69) is 4.98 Å². The topological polar surface area (TPSA) is 113 Å². The summed E-state index contributed by atoms with van der Waals surface area (Å²) in [4.78, 5) is 5.93. The van der Waals surface area contributed by atoms with Crippen molar-refractivity contribution in [3.05, 3.63) is 83.5 Å². The SMILES string of the molecule is Cc1cccc(OCc2ccc(-c3nc(C#N)c(N4CCN(S(=O)(=O)c5cccc(F)c5)CC4)o3)o2)c1. The zero-order chi connectivity index (χ0) is 26.0. The van der Waals surface area contributed by atoms with E-state index in [4.69, 9.17) is 13.6 Å². The number of nitriles is 1. The van der Waals surface area contributed by atoms with Crippen molar-refractivity contribution in [1.29, 1.82) is 5.26 Å². The maximum absolute atomic E-state index is 13.6. The highest BCUT2D eigenvalue weighted by Crippen LogP contribution is 2.31. The van der Waals surface area contributed by atoms with Crippen LogP contribution in [0.4, 0.5) is 10.3 Å². The highest BCUT2D eigenvalue weighted by molar-refractivity contribution is 7.89. The van der Waals surface area contributed by atoms with E-state index in [1.54, 1.807) is 17.0 Å². The molecule has 11 heteroatoms. The number of hydrogen-bond donors (Lipinski definition) is 0. The predicted octanol–water partition coefficient (Wildman–Crippen LogP) is 4.34. The second-order valence-electron chi connectivity index (χ2n) is 8.50. The van der Waals surface area contributed by atoms with E-state index in [9.17, 15) is 18.1 Å². The number of oxazole rings is 1. The zero-order valence-corrected chi connectivity index (χ0v) is 20.7. The Bertz CT molecular complexity index is 1570. The molecule has 0 amide bonds. The van der Waals surface area contributed by atoms with Crippen LogP contribution >= 0.6 is 0 Å². The van der Waals surface area contributed by atoms with E-state index in [1.807, 2.05) is 37.3 Å². The van der Waals surface area contributed by atoms with Crippen LogP contribution in [0.2, 0.25) is 0 Å². The van der Waals surface area contributed by atoms with E-state index < -0.39 is 15.8 Å².